The van der Waals surface area contributed by atoms with Crippen molar-refractivity contribution < 1.29 is 127 Å². The monoisotopic (exact) mass is 1350 g/mol. The Kier molecular flexibility index (Phi) is 22.2. The molecule has 13 rings (SSSR count). The summed E-state index contributed by atoms with van der Waals surface area (Å²) in [7, 11) is 0. The number of halogens is 6. The molecule has 11 unspecified atom stereocenters. The Bertz CT molecular complexity index is 3300. The SMILES string of the molecule is CC(C)C(OC(=O)c1ccc(C(=O)OCC(F)(F)C(=O)[O-])cc1)OC1CC2CC1C1CCCC21.O=C(OCOC1C2CC3CC(C2)CC1C3)c1ccc(C(=O)OCC(F)(F)C(=O)[O-])cc1.O=C(OCOC1CC2CC1C1CCCC21)c1ccc(C(=O)OCC(F)(F)C(=O)[O-])cc1. The fourth-order valence-corrected chi connectivity index (χ4v) is 16.8. The highest BCUT2D eigenvalue weighted by molar-refractivity contribution is 5.95. The highest BCUT2D eigenvalue weighted by Gasteiger charge is 2.56. The Hall–Kier alpha value is -7.65. The van der Waals surface area contributed by atoms with Crippen LogP contribution in [0.5, 0.6) is 0 Å². The molecule has 3 aromatic rings. The second kappa shape index (κ2) is 30.0. The van der Waals surface area contributed by atoms with Crippen molar-refractivity contribution in [2.45, 2.75) is 153 Å². The van der Waals surface area contributed by atoms with Gasteiger partial charge in [-0.2, -0.15) is 26.3 Å². The molecule has 10 saturated carbocycles. The topological polar surface area (TPSA) is 306 Å². The van der Waals surface area contributed by atoms with Gasteiger partial charge in [0.05, 0.1) is 51.7 Å². The summed E-state index contributed by atoms with van der Waals surface area (Å²) < 4.78 is 125. The molecule has 10 fully saturated rings. The first kappa shape index (κ1) is 71.1. The number of ether oxygens (including phenoxy) is 9. The largest absolute Gasteiger partial charge is 0.544 e. The molecule has 21 nitrogen and oxygen atoms in total. The maximum Gasteiger partial charge on any atom is 0.340 e. The Morgan fingerprint density at radius 2 is 0.719 bits per heavy atom. The van der Waals surface area contributed by atoms with Gasteiger partial charge in [0, 0.05) is 5.92 Å². The summed E-state index contributed by atoms with van der Waals surface area (Å²) in [5.74, 6) is -17.7. The van der Waals surface area contributed by atoms with E-state index < -0.39 is 97.6 Å². The van der Waals surface area contributed by atoms with Crippen LogP contribution in [-0.2, 0) is 57.0 Å². The number of fused-ring (bicyclic) bond motifs is 10. The molecule has 0 aromatic heterocycles. The third kappa shape index (κ3) is 16.7. The molecule has 10 aliphatic rings. The van der Waals surface area contributed by atoms with E-state index in [0.717, 1.165) is 54.3 Å². The minimum absolute atomic E-state index is 0.0536. The lowest BCUT2D eigenvalue weighted by atomic mass is 9.55. The van der Waals surface area contributed by atoms with Crippen molar-refractivity contribution in [3.05, 3.63) is 106 Å². The molecule has 0 spiro atoms. The van der Waals surface area contributed by atoms with Gasteiger partial charge in [0.25, 0.3) is 0 Å². The molecule has 0 saturated heterocycles. The van der Waals surface area contributed by atoms with Crippen LogP contribution in [0.25, 0.3) is 0 Å². The molecule has 0 amide bonds. The third-order valence-electron chi connectivity index (χ3n) is 21.0. The van der Waals surface area contributed by atoms with Crippen LogP contribution < -0.4 is 15.3 Å². The maximum atomic E-state index is 13.0. The van der Waals surface area contributed by atoms with E-state index in [1.807, 2.05) is 13.8 Å². The molecular weight excluding hydrogens is 1280 g/mol. The zero-order valence-electron chi connectivity index (χ0n) is 52.7. The number of carbonyl (C=O) groups is 9. The predicted octanol–water partition coefficient (Wildman–Crippen LogP) is 7.58. The van der Waals surface area contributed by atoms with Crippen molar-refractivity contribution in [2.75, 3.05) is 33.4 Å². The fraction of sp³-hybridized carbons (Fsp3) is 0.609. The van der Waals surface area contributed by atoms with Gasteiger partial charge >= 0.3 is 53.6 Å². The molecule has 0 aliphatic heterocycles. The first-order valence-electron chi connectivity index (χ1n) is 32.6. The average molecular weight is 1350 g/mol. The van der Waals surface area contributed by atoms with E-state index in [0.29, 0.717) is 29.6 Å². The summed E-state index contributed by atoms with van der Waals surface area (Å²) in [6.45, 7) is -1.37. The van der Waals surface area contributed by atoms with Crippen molar-refractivity contribution in [1.82, 2.24) is 0 Å². The highest BCUT2D eigenvalue weighted by Crippen LogP contribution is 2.61. The summed E-state index contributed by atoms with van der Waals surface area (Å²) in [5.41, 5.74) is 0.130. The summed E-state index contributed by atoms with van der Waals surface area (Å²) in [4.78, 5) is 103. The summed E-state index contributed by atoms with van der Waals surface area (Å²) in [6.07, 6.45) is 18.0. The standard InChI is InChI=1S/C25H30F2O7.2C22H24F2O7/c1-13(2)23(33-20-11-16-10-19(20)18-5-3-4-17(16)18)34-22(29)15-8-6-14(7-9-15)21(28)32-12-25(26,27)24(30)31;23-22(24,21(27)28)10-29-19(25)14-1-3-15(4-2-14)20(26)31-11-30-18-16-6-12-5-13(8-16)9-17(18)7-12;23-22(24,21(27)28)10-29-19(25)12-4-6-13(7-5-12)20(26)31-11-30-18-9-14-8-17(18)16-3-1-2-15(14)16/h6-9,13,16-20,23H,3-5,10-12H2,1-2H3,(H,30,31);1-4,12-13,16-18H,5-11H2,(H,27,28);4-7,14-18H,1-3,8-11H2,(H,27,28)/p-3. The predicted molar refractivity (Wildman–Crippen MR) is 310 cm³/mol. The van der Waals surface area contributed by atoms with Crippen LogP contribution in [0.1, 0.15) is 172 Å². The molecular formula is C69H75F6O21-3. The molecule has 0 radical (unpaired) electrons. The number of rotatable bonds is 25. The van der Waals surface area contributed by atoms with Gasteiger partial charge in [-0.15, -0.1) is 0 Å². The fourth-order valence-electron chi connectivity index (χ4n) is 16.8. The van der Waals surface area contributed by atoms with E-state index in [-0.39, 0.29) is 71.2 Å². The van der Waals surface area contributed by atoms with Gasteiger partial charge in [-0.3, -0.25) is 0 Å². The van der Waals surface area contributed by atoms with Crippen LogP contribution in [0.15, 0.2) is 72.8 Å². The van der Waals surface area contributed by atoms with Crippen molar-refractivity contribution >= 4 is 53.7 Å². The van der Waals surface area contributed by atoms with E-state index in [1.54, 1.807) is 0 Å². The lowest BCUT2D eigenvalue weighted by Gasteiger charge is -2.53. The lowest BCUT2D eigenvalue weighted by molar-refractivity contribution is -0.332. The summed E-state index contributed by atoms with van der Waals surface area (Å²) in [5, 5.41) is 30.8. The molecule has 27 heteroatoms. The molecule has 0 heterocycles. The maximum absolute atomic E-state index is 13.0. The van der Waals surface area contributed by atoms with E-state index in [1.165, 1.54) is 156 Å². The van der Waals surface area contributed by atoms with Crippen LogP contribution in [0.3, 0.4) is 0 Å². The summed E-state index contributed by atoms with van der Waals surface area (Å²) in [6, 6.07) is 15.0. The Labute approximate surface area is 548 Å². The molecule has 522 valence electrons. The van der Waals surface area contributed by atoms with Crippen LogP contribution in [0.4, 0.5) is 26.3 Å². The number of esters is 6. The molecule has 10 aliphatic carbocycles. The zero-order chi connectivity index (χ0) is 69.0. The third-order valence-corrected chi connectivity index (χ3v) is 21.0. The first-order chi connectivity index (χ1) is 45.5. The number of aliphatic carboxylic acids is 3. The molecule has 96 heavy (non-hydrogen) atoms. The molecule has 11 atom stereocenters. The van der Waals surface area contributed by atoms with Crippen molar-refractivity contribution in [3.63, 3.8) is 0 Å². The van der Waals surface area contributed by atoms with Gasteiger partial charge in [-0.05, 0) is 227 Å². The number of carboxylic acid groups (broad SMARTS) is 3. The van der Waals surface area contributed by atoms with Gasteiger partial charge in [0.2, 0.25) is 6.29 Å². The van der Waals surface area contributed by atoms with E-state index in [9.17, 15) is 84.8 Å². The number of hydrogen-bond donors (Lipinski definition) is 0. The Morgan fingerprint density at radius 1 is 0.396 bits per heavy atom. The minimum Gasteiger partial charge on any atom is -0.544 e. The van der Waals surface area contributed by atoms with Crippen molar-refractivity contribution in [3.8, 4) is 0 Å². The second-order valence-electron chi connectivity index (χ2n) is 27.3. The first-order valence-corrected chi connectivity index (χ1v) is 32.6. The lowest BCUT2D eigenvalue weighted by Crippen LogP contribution is -2.49. The van der Waals surface area contributed by atoms with Gasteiger partial charge in [0.1, 0.15) is 17.9 Å². The minimum atomic E-state index is -4.29. The quantitative estimate of drug-likeness (QED) is 0.0341. The molecule has 0 N–H and O–H groups in total. The highest BCUT2D eigenvalue weighted by atomic mass is 19.3. The van der Waals surface area contributed by atoms with E-state index >= 15 is 0 Å². The number of hydrogen-bond acceptors (Lipinski definition) is 21. The average Bonchev–Trinajstić information content (AvgIpc) is 1.59. The number of benzene rings is 3. The van der Waals surface area contributed by atoms with E-state index in [4.69, 9.17) is 28.4 Å². The van der Waals surface area contributed by atoms with Gasteiger partial charge in [-0.1, -0.05) is 26.7 Å². The van der Waals surface area contributed by atoms with Crippen LogP contribution in [0, 0.1) is 76.9 Å². The van der Waals surface area contributed by atoms with Gasteiger partial charge < -0.3 is 72.3 Å². The molecule has 8 bridgehead atoms. The summed E-state index contributed by atoms with van der Waals surface area (Å²) >= 11 is 0. The van der Waals surface area contributed by atoms with Crippen LogP contribution in [-0.4, -0.2) is 129 Å². The van der Waals surface area contributed by atoms with Crippen molar-refractivity contribution in [2.24, 2.45) is 76.9 Å². The van der Waals surface area contributed by atoms with E-state index in [2.05, 4.69) is 14.2 Å². The van der Waals surface area contributed by atoms with Crippen LogP contribution in [0.2, 0.25) is 0 Å². The Balaban J connectivity index is 0.000000157. The van der Waals surface area contributed by atoms with Gasteiger partial charge in [-0.25, -0.2) is 28.8 Å². The zero-order valence-corrected chi connectivity index (χ0v) is 52.7. The second-order valence-corrected chi connectivity index (χ2v) is 27.3. The normalized spacial score (nSPS) is 28.8. The van der Waals surface area contributed by atoms with Crippen molar-refractivity contribution in [1.29, 1.82) is 0 Å². The molecule has 3 aromatic carbocycles. The Morgan fingerprint density at radius 3 is 1.08 bits per heavy atom. The number of carbonyl (C=O) groups excluding carboxylic acids is 9. The number of alkyl halides is 6. The number of carboxylic acids is 3. The smallest absolute Gasteiger partial charge is 0.340 e. The van der Waals surface area contributed by atoms with Crippen LogP contribution >= 0.6 is 0 Å². The van der Waals surface area contributed by atoms with Gasteiger partial charge in [0.15, 0.2) is 33.4 Å².